The van der Waals surface area contributed by atoms with Crippen molar-refractivity contribution in [2.75, 3.05) is 7.05 Å². The molecule has 1 unspecified atom stereocenters. The number of hydrogen-bond acceptors (Lipinski definition) is 2. The third-order valence-electron chi connectivity index (χ3n) is 0.467. The molecule has 3 nitrogen and oxygen atoms in total. The summed E-state index contributed by atoms with van der Waals surface area (Å²) in [5.74, 6) is 0. The van der Waals surface area contributed by atoms with Crippen LogP contribution in [0.3, 0.4) is 0 Å². The molecule has 50 valence electrons. The molecule has 0 saturated carbocycles. The smallest absolute Gasteiger partial charge is 0.325 e. The summed E-state index contributed by atoms with van der Waals surface area (Å²) in [5, 5.41) is 0. The number of nitrogens with zero attached hydrogens (tertiary/aromatic N) is 1. The van der Waals surface area contributed by atoms with Gasteiger partial charge in [-0.1, -0.05) is 12.2 Å². The number of rotatable bonds is 2. The van der Waals surface area contributed by atoms with Crippen molar-refractivity contribution in [3.63, 3.8) is 0 Å². The molecule has 0 fully saturated rings. The zero-order valence-corrected chi connectivity index (χ0v) is 8.17. The minimum atomic E-state index is -3.31. The highest BCUT2D eigenvalue weighted by Crippen LogP contribution is 2.53. The monoisotopic (exact) mass is 237 g/mol. The van der Waals surface area contributed by atoms with Crippen molar-refractivity contribution in [2.45, 2.75) is 0 Å². The van der Waals surface area contributed by atoms with E-state index in [4.69, 9.17) is 4.89 Å². The lowest BCUT2D eigenvalue weighted by molar-refractivity contribution is 0.467. The second-order valence-corrected chi connectivity index (χ2v) is 6.06. The molecule has 0 radical (unpaired) electrons. The molecule has 0 aromatic rings. The first kappa shape index (κ1) is 9.33. The molecule has 0 aromatic carbocycles. The van der Waals surface area contributed by atoms with Crippen molar-refractivity contribution < 1.29 is 9.46 Å². The fourth-order valence-corrected chi connectivity index (χ4v) is 3.17. The third-order valence-corrected chi connectivity index (χ3v) is 5.45. The van der Waals surface area contributed by atoms with Crippen LogP contribution in [0.1, 0.15) is 0 Å². The summed E-state index contributed by atoms with van der Waals surface area (Å²) in [6.45, 7) is -3.31. The van der Waals surface area contributed by atoms with Crippen molar-refractivity contribution in [1.29, 1.82) is 0 Å². The predicted octanol–water partition coefficient (Wildman–Crippen LogP) is 1.91. The van der Waals surface area contributed by atoms with E-state index in [0.29, 0.717) is 0 Å². The summed E-state index contributed by atoms with van der Waals surface area (Å²) in [6.07, 6.45) is 0. The zero-order chi connectivity index (χ0) is 6.78. The van der Waals surface area contributed by atoms with Gasteiger partial charge in [-0.2, -0.15) is 4.08 Å². The molecule has 0 bridgehead atoms. The normalized spacial score (nSPS) is 18.6. The molecule has 0 rings (SSSR count). The highest BCUT2D eigenvalue weighted by molar-refractivity contribution is 9.50. The van der Waals surface area contributed by atoms with Gasteiger partial charge >= 0.3 is 6.72 Å². The standard InChI is InChI=1S/CH5BrNO2PS2/c1-3(8-2)6(4,5)7/h1H3,(H2,4,5,7). The molecule has 1 N–H and O–H groups in total. The maximum Gasteiger partial charge on any atom is 0.333 e. The van der Waals surface area contributed by atoms with Gasteiger partial charge in [-0.05, 0) is 0 Å². The summed E-state index contributed by atoms with van der Waals surface area (Å²) in [6, 6.07) is 0. The molecule has 0 heterocycles. The molecule has 0 aliphatic rings. The second-order valence-electron chi connectivity index (χ2n) is 1.05. The van der Waals surface area contributed by atoms with Crippen LogP contribution >= 0.6 is 44.2 Å². The number of hydrogen-bond donors (Lipinski definition) is 2. The first-order valence-corrected chi connectivity index (χ1v) is 6.95. The largest absolute Gasteiger partial charge is 0.333 e. The van der Waals surface area contributed by atoms with Gasteiger partial charge in [0.05, 0.1) is 0 Å². The summed E-state index contributed by atoms with van der Waals surface area (Å²) in [5.41, 5.74) is 0. The lowest BCUT2D eigenvalue weighted by Gasteiger charge is -2.12. The van der Waals surface area contributed by atoms with Crippen LogP contribution in [-0.2, 0) is 4.57 Å². The highest BCUT2D eigenvalue weighted by atomic mass is 79.9. The third kappa shape index (κ3) is 3.37. The summed E-state index contributed by atoms with van der Waals surface area (Å²) >= 11 is 6.33. The van der Waals surface area contributed by atoms with Gasteiger partial charge in [0.25, 0.3) is 0 Å². The Bertz CT molecular complexity index is 115. The van der Waals surface area contributed by atoms with Crippen LogP contribution < -0.4 is 0 Å². The van der Waals surface area contributed by atoms with E-state index in [9.17, 15) is 4.57 Å². The van der Waals surface area contributed by atoms with Crippen molar-refractivity contribution >= 4 is 44.2 Å². The molecule has 0 aliphatic heterocycles. The van der Waals surface area contributed by atoms with Crippen LogP contribution in [0.4, 0.5) is 0 Å². The van der Waals surface area contributed by atoms with Crippen molar-refractivity contribution in [2.24, 2.45) is 0 Å². The van der Waals surface area contributed by atoms with Gasteiger partial charge in [-0.25, -0.2) is 0 Å². The predicted molar refractivity (Wildman–Crippen MR) is 43.1 cm³/mol. The van der Waals surface area contributed by atoms with Crippen molar-refractivity contribution in [3.8, 4) is 0 Å². The Labute approximate surface area is 64.8 Å². The van der Waals surface area contributed by atoms with E-state index in [1.54, 1.807) is 0 Å². The summed E-state index contributed by atoms with van der Waals surface area (Å²) in [7, 11) is 2.45. The topological polar surface area (TPSA) is 40.5 Å². The van der Waals surface area contributed by atoms with E-state index in [1.807, 2.05) is 0 Å². The number of halogens is 1. The molecule has 1 atom stereocenters. The fraction of sp³-hybridized carbons (Fsp3) is 1.00. The molecule has 7 heteroatoms. The van der Waals surface area contributed by atoms with Crippen LogP contribution in [0.2, 0.25) is 0 Å². The average Bonchev–Trinajstić information content (AvgIpc) is 1.62. The highest BCUT2D eigenvalue weighted by Gasteiger charge is 2.17. The minimum Gasteiger partial charge on any atom is -0.325 e. The first-order chi connectivity index (χ1) is 3.48. The van der Waals surface area contributed by atoms with Gasteiger partial charge < -0.3 is 4.89 Å². The van der Waals surface area contributed by atoms with Crippen LogP contribution in [0.15, 0.2) is 0 Å². The van der Waals surface area contributed by atoms with E-state index in [-0.39, 0.29) is 0 Å². The Morgan fingerprint density at radius 3 is 2.38 bits per heavy atom. The molecule has 8 heavy (non-hydrogen) atoms. The second kappa shape index (κ2) is 3.49. The van der Waals surface area contributed by atoms with E-state index in [0.717, 1.165) is 14.5 Å². The molecule has 0 amide bonds. The maximum absolute atomic E-state index is 10.4. The fourth-order valence-electron chi connectivity index (χ4n) is 0.0402. The zero-order valence-electron chi connectivity index (χ0n) is 3.98. The van der Waals surface area contributed by atoms with Gasteiger partial charge in [0.15, 0.2) is 0 Å². The van der Waals surface area contributed by atoms with E-state index in [1.165, 1.54) is 7.05 Å². The van der Waals surface area contributed by atoms with E-state index < -0.39 is 6.72 Å². The Kier molecular flexibility index (Phi) is 4.07. The molecule has 0 aromatic heterocycles. The molecule has 0 aliphatic carbocycles. The van der Waals surface area contributed by atoms with Crippen LogP contribution in [0, 0.1) is 0 Å². The summed E-state index contributed by atoms with van der Waals surface area (Å²) < 4.78 is 11.6. The lowest BCUT2D eigenvalue weighted by atomic mass is 11.6. The van der Waals surface area contributed by atoms with Gasteiger partial charge in [0.2, 0.25) is 0 Å². The molecular weight excluding hydrogens is 233 g/mol. The van der Waals surface area contributed by atoms with Crippen LogP contribution in [0.25, 0.3) is 0 Å². The quantitative estimate of drug-likeness (QED) is 0.438. The maximum atomic E-state index is 10.4. The Balaban J connectivity index is 3.82. The number of thiol groups is 1. The average molecular weight is 238 g/mol. The van der Waals surface area contributed by atoms with Gasteiger partial charge in [0, 0.05) is 32.2 Å². The van der Waals surface area contributed by atoms with Crippen LogP contribution in [0.5, 0.6) is 0 Å². The SMILES string of the molecule is CN(SBr)P(=O)(O)S. The van der Waals surface area contributed by atoms with E-state index >= 15 is 0 Å². The van der Waals surface area contributed by atoms with Crippen molar-refractivity contribution in [1.82, 2.24) is 4.08 Å². The summed E-state index contributed by atoms with van der Waals surface area (Å²) in [4.78, 5) is 8.58. The van der Waals surface area contributed by atoms with Crippen molar-refractivity contribution in [3.05, 3.63) is 0 Å². The minimum absolute atomic E-state index is 0.988. The van der Waals surface area contributed by atoms with Crippen LogP contribution in [-0.4, -0.2) is 16.0 Å². The van der Waals surface area contributed by atoms with Gasteiger partial charge in [-0.3, -0.25) is 4.57 Å². The molecular formula is CH5BrNO2PS2. The van der Waals surface area contributed by atoms with E-state index in [2.05, 4.69) is 27.1 Å². The Morgan fingerprint density at radius 2 is 2.38 bits per heavy atom. The van der Waals surface area contributed by atoms with Gasteiger partial charge in [0.1, 0.15) is 0 Å². The lowest BCUT2D eigenvalue weighted by Crippen LogP contribution is -1.96. The van der Waals surface area contributed by atoms with Gasteiger partial charge in [-0.15, -0.1) is 0 Å². The Hall–Kier alpha value is 1.33. The molecule has 0 saturated heterocycles. The first-order valence-electron chi connectivity index (χ1n) is 1.57. The molecule has 0 spiro atoms. The Morgan fingerprint density at radius 1 is 2.00 bits per heavy atom.